The normalized spacial score (nSPS) is 10.2. The Kier molecular flexibility index (Phi) is 4.81. The summed E-state index contributed by atoms with van der Waals surface area (Å²) >= 11 is 5.01. The zero-order valence-electron chi connectivity index (χ0n) is 12.5. The van der Waals surface area contributed by atoms with Gasteiger partial charge in [-0.1, -0.05) is 24.4 Å². The van der Waals surface area contributed by atoms with Crippen molar-refractivity contribution in [2.45, 2.75) is 20.5 Å². The molecule has 0 amide bonds. The van der Waals surface area contributed by atoms with Crippen molar-refractivity contribution in [2.24, 2.45) is 5.73 Å². The van der Waals surface area contributed by atoms with Gasteiger partial charge in [0, 0.05) is 5.56 Å². The fraction of sp³-hybridized carbons (Fsp3) is 0.235. The van der Waals surface area contributed by atoms with E-state index in [1.54, 1.807) is 7.11 Å². The minimum atomic E-state index is 0.405. The molecule has 0 heterocycles. The van der Waals surface area contributed by atoms with Gasteiger partial charge in [-0.2, -0.15) is 0 Å². The maximum atomic E-state index is 5.94. The van der Waals surface area contributed by atoms with Crippen LogP contribution in [0.4, 0.5) is 0 Å². The fourth-order valence-electron chi connectivity index (χ4n) is 2.20. The highest BCUT2D eigenvalue weighted by molar-refractivity contribution is 7.80. The summed E-state index contributed by atoms with van der Waals surface area (Å²) in [5.74, 6) is 1.72. The summed E-state index contributed by atoms with van der Waals surface area (Å²) in [5.41, 5.74) is 9.70. The van der Waals surface area contributed by atoms with Crippen molar-refractivity contribution in [1.82, 2.24) is 0 Å². The highest BCUT2D eigenvalue weighted by Gasteiger charge is 2.08. The fourth-order valence-corrected chi connectivity index (χ4v) is 2.32. The third-order valence-corrected chi connectivity index (χ3v) is 3.52. The molecule has 2 aromatic rings. The second-order valence-electron chi connectivity index (χ2n) is 4.94. The summed E-state index contributed by atoms with van der Waals surface area (Å²) < 4.78 is 11.1. The van der Waals surface area contributed by atoms with E-state index in [1.807, 2.05) is 50.2 Å². The van der Waals surface area contributed by atoms with Gasteiger partial charge in [0.05, 0.1) is 7.11 Å². The molecule has 3 nitrogen and oxygen atoms in total. The molecule has 0 aromatic heterocycles. The van der Waals surface area contributed by atoms with Crippen molar-refractivity contribution in [3.8, 4) is 11.5 Å². The van der Waals surface area contributed by atoms with Gasteiger partial charge in [0.15, 0.2) is 0 Å². The Bertz CT molecular complexity index is 627. The highest BCUT2D eigenvalue weighted by atomic mass is 32.1. The molecule has 2 rings (SSSR count). The first-order valence-electron chi connectivity index (χ1n) is 6.68. The summed E-state index contributed by atoms with van der Waals surface area (Å²) in [6.45, 7) is 4.51. The van der Waals surface area contributed by atoms with Crippen molar-refractivity contribution < 1.29 is 9.47 Å². The zero-order valence-corrected chi connectivity index (χ0v) is 13.3. The van der Waals surface area contributed by atoms with E-state index in [4.69, 9.17) is 27.4 Å². The van der Waals surface area contributed by atoms with Gasteiger partial charge in [-0.25, -0.2) is 0 Å². The van der Waals surface area contributed by atoms with E-state index in [1.165, 1.54) is 0 Å². The van der Waals surface area contributed by atoms with Gasteiger partial charge < -0.3 is 15.2 Å². The first kappa shape index (κ1) is 15.3. The molecule has 0 aliphatic heterocycles. The van der Waals surface area contributed by atoms with Crippen LogP contribution in [0.1, 0.15) is 22.3 Å². The minimum Gasteiger partial charge on any atom is -0.497 e. The number of thiocarbonyl (C=S) groups is 1. The Hall–Kier alpha value is -2.07. The van der Waals surface area contributed by atoms with E-state index in [0.29, 0.717) is 11.6 Å². The standard InChI is InChI=1S/C17H19NO2S/c1-11-8-14(17(18)21)9-12(2)16(11)20-10-13-4-6-15(19-3)7-5-13/h4-9H,10H2,1-3H3,(H2,18,21). The van der Waals surface area contributed by atoms with Gasteiger partial charge in [-0.05, 0) is 54.8 Å². The van der Waals surface area contributed by atoms with Crippen molar-refractivity contribution in [3.63, 3.8) is 0 Å². The Morgan fingerprint density at radius 2 is 1.67 bits per heavy atom. The van der Waals surface area contributed by atoms with Crippen molar-refractivity contribution in [2.75, 3.05) is 7.11 Å². The Morgan fingerprint density at radius 1 is 1.10 bits per heavy atom. The maximum Gasteiger partial charge on any atom is 0.125 e. The lowest BCUT2D eigenvalue weighted by atomic mass is 10.1. The molecule has 0 aliphatic carbocycles. The monoisotopic (exact) mass is 301 g/mol. The molecule has 2 aromatic carbocycles. The summed E-state index contributed by atoms with van der Waals surface area (Å²) in [4.78, 5) is 0.405. The second-order valence-corrected chi connectivity index (χ2v) is 5.38. The number of rotatable bonds is 5. The highest BCUT2D eigenvalue weighted by Crippen LogP contribution is 2.26. The maximum absolute atomic E-state index is 5.94. The third kappa shape index (κ3) is 3.73. The van der Waals surface area contributed by atoms with Crippen LogP contribution >= 0.6 is 12.2 Å². The average Bonchev–Trinajstić information content (AvgIpc) is 2.46. The van der Waals surface area contributed by atoms with E-state index < -0.39 is 0 Å². The molecule has 21 heavy (non-hydrogen) atoms. The lowest BCUT2D eigenvalue weighted by Gasteiger charge is -2.14. The molecule has 0 fully saturated rings. The van der Waals surface area contributed by atoms with E-state index in [2.05, 4.69) is 0 Å². The molecule has 4 heteroatoms. The number of benzene rings is 2. The molecule has 0 spiro atoms. The van der Waals surface area contributed by atoms with Crippen molar-refractivity contribution in [1.29, 1.82) is 0 Å². The van der Waals surface area contributed by atoms with Gasteiger partial charge in [0.1, 0.15) is 23.1 Å². The molecule has 0 bridgehead atoms. The van der Waals surface area contributed by atoms with Crippen molar-refractivity contribution in [3.05, 3.63) is 58.7 Å². The molecule has 110 valence electrons. The Balaban J connectivity index is 2.14. The summed E-state index contributed by atoms with van der Waals surface area (Å²) in [7, 11) is 1.65. The van der Waals surface area contributed by atoms with Gasteiger partial charge in [0.2, 0.25) is 0 Å². The predicted octanol–water partition coefficient (Wildman–Crippen LogP) is 3.53. The smallest absolute Gasteiger partial charge is 0.125 e. The van der Waals surface area contributed by atoms with Gasteiger partial charge in [0.25, 0.3) is 0 Å². The predicted molar refractivity (Wildman–Crippen MR) is 89.1 cm³/mol. The summed E-state index contributed by atoms with van der Waals surface area (Å²) in [6, 6.07) is 11.7. The van der Waals surface area contributed by atoms with E-state index in [-0.39, 0.29) is 0 Å². The number of hydrogen-bond acceptors (Lipinski definition) is 3. The molecule has 0 radical (unpaired) electrons. The van der Waals surface area contributed by atoms with Gasteiger partial charge in [-0.15, -0.1) is 0 Å². The van der Waals surface area contributed by atoms with Gasteiger partial charge in [-0.3, -0.25) is 0 Å². The Labute approximate surface area is 130 Å². The summed E-state index contributed by atoms with van der Waals surface area (Å²) in [6.07, 6.45) is 0. The average molecular weight is 301 g/mol. The van der Waals surface area contributed by atoms with E-state index in [9.17, 15) is 0 Å². The van der Waals surface area contributed by atoms with E-state index in [0.717, 1.165) is 33.8 Å². The molecule has 0 saturated carbocycles. The van der Waals surface area contributed by atoms with Crippen LogP contribution in [0.3, 0.4) is 0 Å². The van der Waals surface area contributed by atoms with Crippen LogP contribution in [0.25, 0.3) is 0 Å². The van der Waals surface area contributed by atoms with Crippen LogP contribution in [0.5, 0.6) is 11.5 Å². The van der Waals surface area contributed by atoms with Crippen molar-refractivity contribution >= 4 is 17.2 Å². The molecular formula is C17H19NO2S. The molecule has 2 N–H and O–H groups in total. The molecule has 0 unspecified atom stereocenters. The van der Waals surface area contributed by atoms with Crippen LogP contribution in [0.15, 0.2) is 36.4 Å². The SMILES string of the molecule is COc1ccc(COc2c(C)cc(C(N)=S)cc2C)cc1. The molecule has 0 saturated heterocycles. The largest absolute Gasteiger partial charge is 0.497 e. The quantitative estimate of drug-likeness (QED) is 0.858. The number of ether oxygens (including phenoxy) is 2. The Morgan fingerprint density at radius 3 is 2.14 bits per heavy atom. The molecule has 0 aliphatic rings. The first-order chi connectivity index (χ1) is 10.0. The summed E-state index contributed by atoms with van der Waals surface area (Å²) in [5, 5.41) is 0. The van der Waals surface area contributed by atoms with E-state index >= 15 is 0 Å². The zero-order chi connectivity index (χ0) is 15.4. The van der Waals surface area contributed by atoms with Crippen LogP contribution in [0, 0.1) is 13.8 Å². The van der Waals surface area contributed by atoms with Crippen LogP contribution in [-0.2, 0) is 6.61 Å². The molecular weight excluding hydrogens is 282 g/mol. The van der Waals surface area contributed by atoms with Crippen LogP contribution < -0.4 is 15.2 Å². The number of hydrogen-bond donors (Lipinski definition) is 1. The van der Waals surface area contributed by atoms with Crippen LogP contribution in [-0.4, -0.2) is 12.1 Å². The number of methoxy groups -OCH3 is 1. The molecule has 0 atom stereocenters. The first-order valence-corrected chi connectivity index (χ1v) is 7.09. The topological polar surface area (TPSA) is 44.5 Å². The number of nitrogens with two attached hydrogens (primary N) is 1. The third-order valence-electron chi connectivity index (χ3n) is 3.29. The second kappa shape index (κ2) is 6.59. The lowest BCUT2D eigenvalue weighted by Crippen LogP contribution is -2.10. The number of aryl methyl sites for hydroxylation is 2. The lowest BCUT2D eigenvalue weighted by molar-refractivity contribution is 0.301. The van der Waals surface area contributed by atoms with Crippen LogP contribution in [0.2, 0.25) is 0 Å². The van der Waals surface area contributed by atoms with Gasteiger partial charge >= 0.3 is 0 Å². The minimum absolute atomic E-state index is 0.405.